The molecule has 2 aromatic rings. The van der Waals surface area contributed by atoms with Gasteiger partial charge in [0, 0.05) is 19.2 Å². The maximum Gasteiger partial charge on any atom is 0.138 e. The summed E-state index contributed by atoms with van der Waals surface area (Å²) in [6.45, 7) is 4.88. The zero-order valence-corrected chi connectivity index (χ0v) is 10.7. The molecule has 2 aromatic heterocycles. The highest BCUT2D eigenvalue weighted by molar-refractivity contribution is 5.14. The smallest absolute Gasteiger partial charge is 0.138 e. The molecule has 1 atom stereocenters. The lowest BCUT2D eigenvalue weighted by Gasteiger charge is -2.10. The quantitative estimate of drug-likeness (QED) is 0.871. The summed E-state index contributed by atoms with van der Waals surface area (Å²) >= 11 is 0. The van der Waals surface area contributed by atoms with Gasteiger partial charge in [0.25, 0.3) is 0 Å². The Morgan fingerprint density at radius 2 is 2.17 bits per heavy atom. The number of hydrogen-bond donors (Lipinski definition) is 1. The van der Waals surface area contributed by atoms with Crippen molar-refractivity contribution in [3.63, 3.8) is 0 Å². The molecule has 0 saturated heterocycles. The number of aliphatic hydroxyl groups is 1. The molecule has 5 nitrogen and oxygen atoms in total. The van der Waals surface area contributed by atoms with Gasteiger partial charge in [-0.2, -0.15) is 5.10 Å². The van der Waals surface area contributed by atoms with E-state index in [2.05, 4.69) is 22.0 Å². The first-order valence-corrected chi connectivity index (χ1v) is 6.18. The lowest BCUT2D eigenvalue weighted by Crippen LogP contribution is -2.11. The summed E-state index contributed by atoms with van der Waals surface area (Å²) in [7, 11) is 0. The SMILES string of the molecule is CCCn1ncnc1CC(O)c1ccc(C)cn1. The van der Waals surface area contributed by atoms with Gasteiger partial charge in [0.2, 0.25) is 0 Å². The molecule has 0 amide bonds. The second kappa shape index (κ2) is 5.73. The van der Waals surface area contributed by atoms with Crippen LogP contribution in [-0.2, 0) is 13.0 Å². The van der Waals surface area contributed by atoms with Crippen LogP contribution in [0.3, 0.4) is 0 Å². The van der Waals surface area contributed by atoms with Gasteiger partial charge in [-0.15, -0.1) is 0 Å². The Bertz CT molecular complexity index is 492. The van der Waals surface area contributed by atoms with Gasteiger partial charge >= 0.3 is 0 Å². The average Bonchev–Trinajstić information content (AvgIpc) is 2.78. The van der Waals surface area contributed by atoms with Crippen molar-refractivity contribution >= 4 is 0 Å². The van der Waals surface area contributed by atoms with E-state index >= 15 is 0 Å². The van der Waals surface area contributed by atoms with Crippen LogP contribution in [-0.4, -0.2) is 24.9 Å². The molecular formula is C13H18N4O. The largest absolute Gasteiger partial charge is 0.386 e. The summed E-state index contributed by atoms with van der Waals surface area (Å²) in [6.07, 6.45) is 4.09. The van der Waals surface area contributed by atoms with Crippen LogP contribution in [0.1, 0.15) is 36.5 Å². The Morgan fingerprint density at radius 1 is 1.33 bits per heavy atom. The Morgan fingerprint density at radius 3 is 2.83 bits per heavy atom. The third-order valence-corrected chi connectivity index (χ3v) is 2.78. The van der Waals surface area contributed by atoms with Crippen LogP contribution in [0.2, 0.25) is 0 Å². The molecule has 0 saturated carbocycles. The van der Waals surface area contributed by atoms with Crippen LogP contribution in [0.15, 0.2) is 24.7 Å². The molecule has 18 heavy (non-hydrogen) atoms. The second-order valence-electron chi connectivity index (χ2n) is 4.38. The lowest BCUT2D eigenvalue weighted by atomic mass is 10.1. The van der Waals surface area contributed by atoms with Crippen LogP contribution in [0.4, 0.5) is 0 Å². The van der Waals surface area contributed by atoms with Crippen LogP contribution in [0, 0.1) is 6.92 Å². The number of aryl methyl sites for hydroxylation is 2. The minimum absolute atomic E-state index is 0.441. The molecule has 0 aromatic carbocycles. The van der Waals surface area contributed by atoms with Crippen LogP contribution in [0.5, 0.6) is 0 Å². The van der Waals surface area contributed by atoms with E-state index in [1.165, 1.54) is 6.33 Å². The molecule has 96 valence electrons. The minimum Gasteiger partial charge on any atom is -0.386 e. The van der Waals surface area contributed by atoms with Crippen molar-refractivity contribution in [1.29, 1.82) is 0 Å². The molecule has 0 aliphatic carbocycles. The number of rotatable bonds is 5. The van der Waals surface area contributed by atoms with Gasteiger partial charge < -0.3 is 5.11 Å². The van der Waals surface area contributed by atoms with Gasteiger partial charge in [-0.25, -0.2) is 4.98 Å². The van der Waals surface area contributed by atoms with Crippen molar-refractivity contribution < 1.29 is 5.11 Å². The Labute approximate surface area is 107 Å². The Hall–Kier alpha value is -1.75. The second-order valence-corrected chi connectivity index (χ2v) is 4.38. The summed E-state index contributed by atoms with van der Waals surface area (Å²) in [6, 6.07) is 3.79. The molecule has 5 heteroatoms. The van der Waals surface area contributed by atoms with Crippen LogP contribution >= 0.6 is 0 Å². The van der Waals surface area contributed by atoms with Gasteiger partial charge in [-0.1, -0.05) is 13.0 Å². The van der Waals surface area contributed by atoms with Gasteiger partial charge in [0.1, 0.15) is 18.3 Å². The van der Waals surface area contributed by atoms with E-state index in [0.717, 1.165) is 24.4 Å². The average molecular weight is 246 g/mol. The fourth-order valence-electron chi connectivity index (χ4n) is 1.80. The molecule has 1 N–H and O–H groups in total. The standard InChI is InChI=1S/C13H18N4O/c1-3-6-17-13(15-9-16-17)7-12(18)11-5-4-10(2)8-14-11/h4-5,8-9,12,18H,3,6-7H2,1-2H3. The fraction of sp³-hybridized carbons (Fsp3) is 0.462. The zero-order valence-electron chi connectivity index (χ0n) is 10.7. The van der Waals surface area contributed by atoms with Crippen molar-refractivity contribution in [3.8, 4) is 0 Å². The van der Waals surface area contributed by atoms with E-state index in [9.17, 15) is 5.11 Å². The predicted molar refractivity (Wildman–Crippen MR) is 68.0 cm³/mol. The number of aromatic nitrogens is 4. The van der Waals surface area contributed by atoms with E-state index in [-0.39, 0.29) is 0 Å². The van der Waals surface area contributed by atoms with Crippen molar-refractivity contribution in [2.75, 3.05) is 0 Å². The van der Waals surface area contributed by atoms with Crippen molar-refractivity contribution in [1.82, 2.24) is 19.7 Å². The van der Waals surface area contributed by atoms with E-state index in [0.29, 0.717) is 12.1 Å². The summed E-state index contributed by atoms with van der Waals surface area (Å²) < 4.78 is 1.83. The molecule has 0 bridgehead atoms. The third kappa shape index (κ3) is 2.92. The maximum atomic E-state index is 10.1. The highest BCUT2D eigenvalue weighted by atomic mass is 16.3. The van der Waals surface area contributed by atoms with Crippen molar-refractivity contribution in [3.05, 3.63) is 41.7 Å². The molecule has 0 radical (unpaired) electrons. The molecule has 2 rings (SSSR count). The Balaban J connectivity index is 2.08. The monoisotopic (exact) mass is 246 g/mol. The van der Waals surface area contributed by atoms with Gasteiger partial charge in [-0.3, -0.25) is 9.67 Å². The predicted octanol–water partition coefficient (Wildman–Crippen LogP) is 1.67. The summed E-state index contributed by atoms with van der Waals surface area (Å²) in [5, 5.41) is 14.3. The topological polar surface area (TPSA) is 63.8 Å². The summed E-state index contributed by atoms with van der Waals surface area (Å²) in [5.41, 5.74) is 1.76. The summed E-state index contributed by atoms with van der Waals surface area (Å²) in [5.74, 6) is 0.798. The number of nitrogens with zero attached hydrogens (tertiary/aromatic N) is 4. The highest BCUT2D eigenvalue weighted by Crippen LogP contribution is 2.15. The number of aliphatic hydroxyl groups excluding tert-OH is 1. The first kappa shape index (κ1) is 12.7. The molecular weight excluding hydrogens is 228 g/mol. The third-order valence-electron chi connectivity index (χ3n) is 2.78. The first-order chi connectivity index (χ1) is 8.70. The van der Waals surface area contributed by atoms with Gasteiger partial charge in [-0.05, 0) is 25.0 Å². The van der Waals surface area contributed by atoms with E-state index in [1.54, 1.807) is 6.20 Å². The summed E-state index contributed by atoms with van der Waals surface area (Å²) in [4.78, 5) is 8.41. The van der Waals surface area contributed by atoms with E-state index < -0.39 is 6.10 Å². The van der Waals surface area contributed by atoms with Crippen molar-refractivity contribution in [2.45, 2.75) is 39.3 Å². The highest BCUT2D eigenvalue weighted by Gasteiger charge is 2.13. The van der Waals surface area contributed by atoms with Crippen LogP contribution in [0.25, 0.3) is 0 Å². The Kier molecular flexibility index (Phi) is 4.04. The molecule has 0 aliphatic rings. The molecule has 1 unspecified atom stereocenters. The van der Waals surface area contributed by atoms with Crippen molar-refractivity contribution in [2.24, 2.45) is 0 Å². The van der Waals surface area contributed by atoms with Crippen LogP contribution < -0.4 is 0 Å². The normalized spacial score (nSPS) is 12.6. The molecule has 0 fully saturated rings. The fourth-order valence-corrected chi connectivity index (χ4v) is 1.80. The molecule has 0 aliphatic heterocycles. The molecule has 2 heterocycles. The first-order valence-electron chi connectivity index (χ1n) is 6.18. The zero-order chi connectivity index (χ0) is 13.0. The maximum absolute atomic E-state index is 10.1. The number of pyridine rings is 1. The van der Waals surface area contributed by atoms with E-state index in [1.807, 2.05) is 23.7 Å². The molecule has 0 spiro atoms. The van der Waals surface area contributed by atoms with Gasteiger partial charge in [0.15, 0.2) is 0 Å². The van der Waals surface area contributed by atoms with E-state index in [4.69, 9.17) is 0 Å². The minimum atomic E-state index is -0.634. The van der Waals surface area contributed by atoms with Gasteiger partial charge in [0.05, 0.1) is 5.69 Å². The lowest BCUT2D eigenvalue weighted by molar-refractivity contribution is 0.169. The number of hydrogen-bond acceptors (Lipinski definition) is 4.